The number of ketones is 1. The summed E-state index contributed by atoms with van der Waals surface area (Å²) in [4.78, 5) is 20.3. The number of anilines is 1. The first-order chi connectivity index (χ1) is 16.6. The summed E-state index contributed by atoms with van der Waals surface area (Å²) < 4.78 is 5.71. The summed E-state index contributed by atoms with van der Waals surface area (Å²) in [7, 11) is 0. The number of ether oxygens (including phenoxy) is 1. The Morgan fingerprint density at radius 3 is 1.85 bits per heavy atom. The molecule has 5 heteroatoms. The van der Waals surface area contributed by atoms with Crippen molar-refractivity contribution >= 4 is 17.9 Å². The zero-order valence-electron chi connectivity index (χ0n) is 19.1. The predicted molar refractivity (Wildman–Crippen MR) is 136 cm³/mol. The van der Waals surface area contributed by atoms with Crippen molar-refractivity contribution in [3.05, 3.63) is 126 Å². The van der Waals surface area contributed by atoms with Crippen LogP contribution in [0.3, 0.4) is 0 Å². The lowest BCUT2D eigenvalue weighted by molar-refractivity contribution is -0.122. The minimum absolute atomic E-state index is 0.0336. The third-order valence-corrected chi connectivity index (χ3v) is 4.68. The quantitative estimate of drug-likeness (QED) is 0.193. The first-order valence-corrected chi connectivity index (χ1v) is 10.9. The number of nitrogens with two attached hydrogens (primary N) is 1. The summed E-state index contributed by atoms with van der Waals surface area (Å²) in [6, 6.07) is 34.4. The highest BCUT2D eigenvalue weighted by Gasteiger charge is 2.10. The van der Waals surface area contributed by atoms with Gasteiger partial charge in [-0.3, -0.25) is 9.59 Å². The van der Waals surface area contributed by atoms with Crippen molar-refractivity contribution < 1.29 is 19.4 Å². The van der Waals surface area contributed by atoms with E-state index < -0.39 is 0 Å². The molecule has 0 atom stereocenters. The normalized spacial score (nSPS) is 9.44. The van der Waals surface area contributed by atoms with Crippen LogP contribution in [0.5, 0.6) is 11.5 Å². The van der Waals surface area contributed by atoms with E-state index in [-0.39, 0.29) is 12.3 Å². The largest absolute Gasteiger partial charge is 0.483 e. The van der Waals surface area contributed by atoms with E-state index in [9.17, 15) is 4.79 Å². The zero-order chi connectivity index (χ0) is 24.6. The van der Waals surface area contributed by atoms with Crippen LogP contribution in [0.2, 0.25) is 0 Å². The summed E-state index contributed by atoms with van der Waals surface area (Å²) >= 11 is 0. The molecule has 0 bridgehead atoms. The van der Waals surface area contributed by atoms with E-state index in [4.69, 9.17) is 20.4 Å². The minimum Gasteiger partial charge on any atom is -0.483 e. The highest BCUT2D eigenvalue weighted by atomic mass is 16.5. The third kappa shape index (κ3) is 8.63. The Balaban J connectivity index is 0.000000216. The number of carbonyl (C=O) groups is 2. The Bertz CT molecular complexity index is 1130. The number of hydrogen-bond acceptors (Lipinski definition) is 4. The van der Waals surface area contributed by atoms with Gasteiger partial charge in [0, 0.05) is 16.8 Å². The molecule has 174 valence electrons. The molecule has 3 N–H and O–H groups in total. The number of carboxylic acid groups (broad SMARTS) is 1. The summed E-state index contributed by atoms with van der Waals surface area (Å²) in [6.07, 6.45) is 2.31. The maximum Gasteiger partial charge on any atom is 0.290 e. The molecule has 34 heavy (non-hydrogen) atoms. The SMILES string of the molecule is CCCc1ccc(Oc2ccccc2)cc1.Nc1ccccc1C(=O)c1ccccc1.O=CO. The second-order valence-corrected chi connectivity index (χ2v) is 7.20. The number of aryl methyl sites for hydroxylation is 1. The predicted octanol–water partition coefficient (Wildman–Crippen LogP) is 6.63. The average Bonchev–Trinajstić information content (AvgIpc) is 2.87. The lowest BCUT2D eigenvalue weighted by Gasteiger charge is -2.06. The third-order valence-electron chi connectivity index (χ3n) is 4.68. The molecule has 0 saturated heterocycles. The van der Waals surface area contributed by atoms with Crippen molar-refractivity contribution in [2.45, 2.75) is 19.8 Å². The van der Waals surface area contributed by atoms with Crippen LogP contribution in [0.1, 0.15) is 34.8 Å². The fourth-order valence-electron chi connectivity index (χ4n) is 3.09. The van der Waals surface area contributed by atoms with Gasteiger partial charge in [-0.05, 0) is 48.4 Å². The van der Waals surface area contributed by atoms with Crippen LogP contribution in [-0.2, 0) is 11.2 Å². The Morgan fingerprint density at radius 2 is 1.29 bits per heavy atom. The fourth-order valence-corrected chi connectivity index (χ4v) is 3.09. The molecule has 0 spiro atoms. The molecule has 0 unspecified atom stereocenters. The van der Waals surface area contributed by atoms with Gasteiger partial charge in [0.25, 0.3) is 6.47 Å². The molecule has 0 saturated carbocycles. The highest BCUT2D eigenvalue weighted by Crippen LogP contribution is 2.21. The molecule has 0 aromatic heterocycles. The van der Waals surface area contributed by atoms with E-state index in [1.165, 1.54) is 12.0 Å². The van der Waals surface area contributed by atoms with Gasteiger partial charge < -0.3 is 15.6 Å². The van der Waals surface area contributed by atoms with Crippen molar-refractivity contribution in [2.24, 2.45) is 0 Å². The van der Waals surface area contributed by atoms with E-state index >= 15 is 0 Å². The summed E-state index contributed by atoms with van der Waals surface area (Å²) in [5, 5.41) is 6.89. The van der Waals surface area contributed by atoms with Gasteiger partial charge in [-0.15, -0.1) is 0 Å². The Labute approximate surface area is 200 Å². The Hall–Kier alpha value is -4.38. The van der Waals surface area contributed by atoms with Gasteiger partial charge in [0.05, 0.1) is 0 Å². The topological polar surface area (TPSA) is 89.6 Å². The van der Waals surface area contributed by atoms with Crippen LogP contribution in [0.4, 0.5) is 5.69 Å². The number of nitrogen functional groups attached to an aromatic ring is 1. The minimum atomic E-state index is -0.250. The van der Waals surface area contributed by atoms with Gasteiger partial charge in [-0.1, -0.05) is 86.1 Å². The van der Waals surface area contributed by atoms with Crippen molar-refractivity contribution in [1.82, 2.24) is 0 Å². The van der Waals surface area contributed by atoms with Crippen molar-refractivity contribution in [3.8, 4) is 11.5 Å². The van der Waals surface area contributed by atoms with Crippen LogP contribution in [0, 0.1) is 0 Å². The molecule has 5 nitrogen and oxygen atoms in total. The first kappa shape index (κ1) is 25.9. The summed E-state index contributed by atoms with van der Waals surface area (Å²) in [6.45, 7) is 1.94. The molecular weight excluding hydrogens is 426 g/mol. The van der Waals surface area contributed by atoms with E-state index in [0.717, 1.165) is 17.9 Å². The molecule has 0 aliphatic carbocycles. The summed E-state index contributed by atoms with van der Waals surface area (Å²) in [5.41, 5.74) is 8.84. The van der Waals surface area contributed by atoms with E-state index in [1.54, 1.807) is 24.3 Å². The molecule has 4 rings (SSSR count). The molecule has 0 aliphatic heterocycles. The second kappa shape index (κ2) is 14.6. The molecule has 0 fully saturated rings. The number of hydrogen-bond donors (Lipinski definition) is 2. The average molecular weight is 456 g/mol. The van der Waals surface area contributed by atoms with Crippen LogP contribution in [0.25, 0.3) is 0 Å². The number of carbonyl (C=O) groups excluding carboxylic acids is 1. The van der Waals surface area contributed by atoms with Gasteiger partial charge in [0.2, 0.25) is 0 Å². The highest BCUT2D eigenvalue weighted by molar-refractivity contribution is 6.11. The molecule has 4 aromatic carbocycles. The van der Waals surface area contributed by atoms with Crippen LogP contribution in [-0.4, -0.2) is 17.4 Å². The smallest absolute Gasteiger partial charge is 0.290 e. The van der Waals surface area contributed by atoms with Crippen LogP contribution in [0.15, 0.2) is 109 Å². The van der Waals surface area contributed by atoms with E-state index in [1.807, 2.05) is 72.8 Å². The van der Waals surface area contributed by atoms with Gasteiger partial charge >= 0.3 is 0 Å². The molecule has 0 amide bonds. The number of para-hydroxylation sites is 2. The monoisotopic (exact) mass is 455 g/mol. The molecule has 0 heterocycles. The van der Waals surface area contributed by atoms with Crippen LogP contribution >= 0.6 is 0 Å². The lowest BCUT2D eigenvalue weighted by Crippen LogP contribution is -2.04. The Kier molecular flexibility index (Phi) is 11.1. The Morgan fingerprint density at radius 1 is 0.794 bits per heavy atom. The van der Waals surface area contributed by atoms with E-state index in [0.29, 0.717) is 16.8 Å². The van der Waals surface area contributed by atoms with Crippen molar-refractivity contribution in [3.63, 3.8) is 0 Å². The van der Waals surface area contributed by atoms with E-state index in [2.05, 4.69) is 19.1 Å². The maximum atomic E-state index is 12.0. The first-order valence-electron chi connectivity index (χ1n) is 10.9. The van der Waals surface area contributed by atoms with Gasteiger partial charge in [0.1, 0.15) is 11.5 Å². The summed E-state index contributed by atoms with van der Waals surface area (Å²) in [5.74, 6) is 1.74. The van der Waals surface area contributed by atoms with Gasteiger partial charge in [-0.2, -0.15) is 0 Å². The van der Waals surface area contributed by atoms with Crippen molar-refractivity contribution in [1.29, 1.82) is 0 Å². The molecule has 0 aliphatic rings. The molecule has 0 radical (unpaired) electrons. The maximum absolute atomic E-state index is 12.0. The molecular formula is C29H29NO4. The van der Waals surface area contributed by atoms with Crippen molar-refractivity contribution in [2.75, 3.05) is 5.73 Å². The zero-order valence-corrected chi connectivity index (χ0v) is 19.1. The fraction of sp³-hybridized carbons (Fsp3) is 0.103. The van der Waals surface area contributed by atoms with Gasteiger partial charge in [-0.25, -0.2) is 0 Å². The van der Waals surface area contributed by atoms with Gasteiger partial charge in [0.15, 0.2) is 5.78 Å². The lowest BCUT2D eigenvalue weighted by atomic mass is 10.0. The van der Waals surface area contributed by atoms with Crippen LogP contribution < -0.4 is 10.5 Å². The number of rotatable bonds is 6. The standard InChI is InChI=1S/C15H16O.C13H11NO.CH2O2/c1-2-6-13-9-11-15(12-10-13)16-14-7-4-3-5-8-14;14-12-9-5-4-8-11(12)13(15)10-6-2-1-3-7-10;2-1-3/h3-5,7-12H,2,6H2,1H3;1-9H,14H2;1H,(H,2,3). The number of benzene rings is 4. The molecule has 4 aromatic rings. The second-order valence-electron chi connectivity index (χ2n) is 7.20.